The Kier molecular flexibility index (Phi) is 2.86. The van der Waals surface area contributed by atoms with Crippen molar-refractivity contribution in [1.29, 1.82) is 0 Å². The highest BCUT2D eigenvalue weighted by Gasteiger charge is 1.97. The molecule has 0 unspecified atom stereocenters. The lowest BCUT2D eigenvalue weighted by atomic mass is 10.2. The predicted octanol–water partition coefficient (Wildman–Crippen LogP) is 1.70. The van der Waals surface area contributed by atoms with Gasteiger partial charge >= 0.3 is 0 Å². The van der Waals surface area contributed by atoms with E-state index in [1.54, 1.807) is 6.20 Å². The van der Waals surface area contributed by atoms with Crippen LogP contribution in [0.25, 0.3) is 0 Å². The van der Waals surface area contributed by atoms with Crippen LogP contribution in [0.15, 0.2) is 36.8 Å². The Morgan fingerprint density at radius 2 is 2.33 bits per heavy atom. The highest BCUT2D eigenvalue weighted by atomic mass is 15.1. The molecule has 0 aliphatic heterocycles. The summed E-state index contributed by atoms with van der Waals surface area (Å²) in [5.41, 5.74) is 2.30. The molecule has 0 aromatic carbocycles. The van der Waals surface area contributed by atoms with E-state index in [1.807, 2.05) is 31.3 Å². The fourth-order valence-corrected chi connectivity index (χ4v) is 0.896. The summed E-state index contributed by atoms with van der Waals surface area (Å²) in [7, 11) is 4.00. The van der Waals surface area contributed by atoms with Crippen LogP contribution in [0.4, 0.5) is 0 Å². The van der Waals surface area contributed by atoms with E-state index in [9.17, 15) is 0 Å². The normalized spacial score (nSPS) is 9.50. The molecule has 0 atom stereocenters. The molecule has 2 nitrogen and oxygen atoms in total. The SMILES string of the molecule is C=C(Cc1cccnc1)N(C)C. The quantitative estimate of drug-likeness (QED) is 0.672. The first-order valence-corrected chi connectivity index (χ1v) is 3.94. The minimum absolute atomic E-state index is 0.876. The van der Waals surface area contributed by atoms with Gasteiger partial charge in [0.05, 0.1) is 0 Å². The second kappa shape index (κ2) is 3.90. The van der Waals surface area contributed by atoms with Crippen molar-refractivity contribution in [3.63, 3.8) is 0 Å². The third-order valence-electron chi connectivity index (χ3n) is 1.76. The monoisotopic (exact) mass is 162 g/mol. The van der Waals surface area contributed by atoms with E-state index in [-0.39, 0.29) is 0 Å². The predicted molar refractivity (Wildman–Crippen MR) is 50.8 cm³/mol. The van der Waals surface area contributed by atoms with Gasteiger partial charge in [0.15, 0.2) is 0 Å². The largest absolute Gasteiger partial charge is 0.381 e. The number of allylic oxidation sites excluding steroid dienone is 1. The van der Waals surface area contributed by atoms with Crippen molar-refractivity contribution in [2.45, 2.75) is 6.42 Å². The first-order valence-electron chi connectivity index (χ1n) is 3.94. The van der Waals surface area contributed by atoms with Crippen molar-refractivity contribution in [2.75, 3.05) is 14.1 Å². The fraction of sp³-hybridized carbons (Fsp3) is 0.300. The molecular formula is C10H14N2. The Bertz CT molecular complexity index is 252. The van der Waals surface area contributed by atoms with E-state index in [2.05, 4.69) is 17.6 Å². The van der Waals surface area contributed by atoms with Gasteiger partial charge in [-0.2, -0.15) is 0 Å². The first kappa shape index (κ1) is 8.78. The van der Waals surface area contributed by atoms with E-state index >= 15 is 0 Å². The number of nitrogens with zero attached hydrogens (tertiary/aromatic N) is 2. The van der Waals surface area contributed by atoms with E-state index in [0.29, 0.717) is 0 Å². The topological polar surface area (TPSA) is 16.1 Å². The van der Waals surface area contributed by atoms with Crippen LogP contribution in [0.5, 0.6) is 0 Å². The zero-order valence-electron chi connectivity index (χ0n) is 7.62. The van der Waals surface area contributed by atoms with Crippen LogP contribution in [0, 0.1) is 0 Å². The number of hydrogen-bond donors (Lipinski definition) is 0. The van der Waals surface area contributed by atoms with Gasteiger partial charge < -0.3 is 4.90 Å². The summed E-state index contributed by atoms with van der Waals surface area (Å²) in [6.45, 7) is 3.95. The van der Waals surface area contributed by atoms with E-state index < -0.39 is 0 Å². The van der Waals surface area contributed by atoms with E-state index in [1.165, 1.54) is 5.56 Å². The Balaban J connectivity index is 2.59. The molecule has 0 saturated carbocycles. The first-order chi connectivity index (χ1) is 5.70. The molecule has 0 N–H and O–H groups in total. The fourth-order valence-electron chi connectivity index (χ4n) is 0.896. The molecule has 0 saturated heterocycles. The van der Waals surface area contributed by atoms with E-state index in [4.69, 9.17) is 0 Å². The van der Waals surface area contributed by atoms with Crippen LogP contribution < -0.4 is 0 Å². The summed E-state index contributed by atoms with van der Waals surface area (Å²) in [6, 6.07) is 4.00. The maximum Gasteiger partial charge on any atom is 0.0303 e. The molecule has 1 rings (SSSR count). The third-order valence-corrected chi connectivity index (χ3v) is 1.76. The molecule has 2 heteroatoms. The summed E-state index contributed by atoms with van der Waals surface area (Å²) in [5.74, 6) is 0. The van der Waals surface area contributed by atoms with Gasteiger partial charge in [0, 0.05) is 38.6 Å². The van der Waals surface area contributed by atoms with Gasteiger partial charge in [0.25, 0.3) is 0 Å². The number of pyridine rings is 1. The molecule has 1 aromatic heterocycles. The van der Waals surface area contributed by atoms with Crippen molar-refractivity contribution in [3.05, 3.63) is 42.4 Å². The second-order valence-electron chi connectivity index (χ2n) is 3.00. The Hall–Kier alpha value is -1.31. The van der Waals surface area contributed by atoms with Gasteiger partial charge in [-0.1, -0.05) is 12.6 Å². The minimum Gasteiger partial charge on any atom is -0.381 e. The highest BCUT2D eigenvalue weighted by Crippen LogP contribution is 2.05. The summed E-state index contributed by atoms with van der Waals surface area (Å²) in [6.07, 6.45) is 4.53. The number of rotatable bonds is 3. The lowest BCUT2D eigenvalue weighted by Gasteiger charge is -2.14. The Morgan fingerprint density at radius 1 is 1.58 bits per heavy atom. The summed E-state index contributed by atoms with van der Waals surface area (Å²) < 4.78 is 0. The van der Waals surface area contributed by atoms with Gasteiger partial charge in [0.1, 0.15) is 0 Å². The smallest absolute Gasteiger partial charge is 0.0303 e. The Morgan fingerprint density at radius 3 is 2.83 bits per heavy atom. The van der Waals surface area contributed by atoms with Gasteiger partial charge in [-0.25, -0.2) is 0 Å². The maximum atomic E-state index is 4.04. The molecule has 1 aromatic rings. The molecule has 0 spiro atoms. The number of likely N-dealkylation sites (N-methyl/N-ethyl adjacent to an activating group) is 1. The average Bonchev–Trinajstić information content (AvgIpc) is 2.06. The molecule has 0 aliphatic rings. The Labute approximate surface area is 73.5 Å². The van der Waals surface area contributed by atoms with E-state index in [0.717, 1.165) is 12.1 Å². The number of hydrogen-bond acceptors (Lipinski definition) is 2. The summed E-state index contributed by atoms with van der Waals surface area (Å²) in [4.78, 5) is 6.06. The van der Waals surface area contributed by atoms with Crippen molar-refractivity contribution in [3.8, 4) is 0 Å². The summed E-state index contributed by atoms with van der Waals surface area (Å²) in [5, 5.41) is 0. The molecule has 1 heterocycles. The molecule has 64 valence electrons. The van der Waals surface area contributed by atoms with Crippen LogP contribution in [0.1, 0.15) is 5.56 Å². The molecule has 0 amide bonds. The highest BCUT2D eigenvalue weighted by molar-refractivity contribution is 5.15. The molecular weight excluding hydrogens is 148 g/mol. The van der Waals surface area contributed by atoms with Crippen molar-refractivity contribution in [2.24, 2.45) is 0 Å². The number of aromatic nitrogens is 1. The zero-order chi connectivity index (χ0) is 8.97. The van der Waals surface area contributed by atoms with Gasteiger partial charge in [-0.3, -0.25) is 4.98 Å². The lowest BCUT2D eigenvalue weighted by Crippen LogP contribution is -2.11. The van der Waals surface area contributed by atoms with Crippen LogP contribution in [0.2, 0.25) is 0 Å². The van der Waals surface area contributed by atoms with Gasteiger partial charge in [-0.15, -0.1) is 0 Å². The molecule has 0 bridgehead atoms. The summed E-state index contributed by atoms with van der Waals surface area (Å²) >= 11 is 0. The average molecular weight is 162 g/mol. The van der Waals surface area contributed by atoms with Crippen molar-refractivity contribution < 1.29 is 0 Å². The van der Waals surface area contributed by atoms with Crippen LogP contribution in [0.3, 0.4) is 0 Å². The van der Waals surface area contributed by atoms with Crippen LogP contribution >= 0.6 is 0 Å². The molecule has 0 aliphatic carbocycles. The van der Waals surface area contributed by atoms with Crippen molar-refractivity contribution in [1.82, 2.24) is 9.88 Å². The minimum atomic E-state index is 0.876. The third kappa shape index (κ3) is 2.38. The maximum absolute atomic E-state index is 4.04. The standard InChI is InChI=1S/C10H14N2/c1-9(12(2)3)7-10-5-4-6-11-8-10/h4-6,8H,1,7H2,2-3H3. The molecule has 0 radical (unpaired) electrons. The van der Waals surface area contributed by atoms with Gasteiger partial charge in [0.2, 0.25) is 0 Å². The van der Waals surface area contributed by atoms with Crippen LogP contribution in [-0.2, 0) is 6.42 Å². The van der Waals surface area contributed by atoms with Crippen LogP contribution in [-0.4, -0.2) is 24.0 Å². The molecule has 0 fully saturated rings. The van der Waals surface area contributed by atoms with Gasteiger partial charge in [-0.05, 0) is 11.6 Å². The second-order valence-corrected chi connectivity index (χ2v) is 3.00. The zero-order valence-corrected chi connectivity index (χ0v) is 7.62. The lowest BCUT2D eigenvalue weighted by molar-refractivity contribution is 0.501. The molecule has 12 heavy (non-hydrogen) atoms. The van der Waals surface area contributed by atoms with Crippen molar-refractivity contribution >= 4 is 0 Å².